The van der Waals surface area contributed by atoms with Gasteiger partial charge in [0.15, 0.2) is 58.2 Å². The molecule has 230 valence electrons. The first-order chi connectivity index (χ1) is 19.0. The molecular weight excluding hydrogens is 620 g/mol. The smallest absolute Gasteiger partial charge is 0.200 e. The quantitative estimate of drug-likeness (QED) is 0.0908. The Labute approximate surface area is 232 Å². The Balaban J connectivity index is 0.000000299. The Kier molecular flexibility index (Phi) is 10.5. The molecule has 0 fully saturated rings. The lowest BCUT2D eigenvalue weighted by molar-refractivity contribution is 0.382. The van der Waals surface area contributed by atoms with Gasteiger partial charge in [-0.05, 0) is 10.3 Å². The Bertz CT molecular complexity index is 1360. The van der Waals surface area contributed by atoms with Crippen LogP contribution in [0, 0.1) is 81.4 Å². The molecule has 0 unspecified atom stereocenters. The van der Waals surface area contributed by atoms with Crippen molar-refractivity contribution in [1.82, 2.24) is 0 Å². The summed E-state index contributed by atoms with van der Waals surface area (Å²) in [5.74, 6) is -30.1. The van der Waals surface area contributed by atoms with E-state index < -0.39 is 116 Å². The van der Waals surface area contributed by atoms with Crippen molar-refractivity contribution in [3.05, 3.63) is 87.5 Å². The first-order valence-electron chi connectivity index (χ1n) is 11.5. The third-order valence-corrected chi connectivity index (χ3v) is 8.95. The minimum absolute atomic E-state index is 0.257. The van der Waals surface area contributed by atoms with E-state index in [9.17, 15) is 61.5 Å². The van der Waals surface area contributed by atoms with Gasteiger partial charge in [-0.15, -0.1) is 0 Å². The molecule has 16 heteroatoms. The van der Waals surface area contributed by atoms with E-state index >= 15 is 0 Å². The second-order valence-electron chi connectivity index (χ2n) is 10.6. The summed E-state index contributed by atoms with van der Waals surface area (Å²) in [6, 6.07) is 0.257. The lowest BCUT2D eigenvalue weighted by atomic mass is 9.62. The van der Waals surface area contributed by atoms with Gasteiger partial charge in [0.05, 0.1) is 5.30 Å². The van der Waals surface area contributed by atoms with Gasteiger partial charge in [0.1, 0.15) is 23.3 Å². The van der Waals surface area contributed by atoms with Crippen LogP contribution in [-0.4, -0.2) is 17.6 Å². The van der Waals surface area contributed by atoms with Crippen molar-refractivity contribution in [2.45, 2.75) is 51.9 Å². The largest absolute Gasteiger partial charge is 0.242 e. The first kappa shape index (κ1) is 35.4. The van der Waals surface area contributed by atoms with E-state index in [1.54, 1.807) is 0 Å². The summed E-state index contributed by atoms with van der Waals surface area (Å²) in [5.41, 5.74) is -3.71. The van der Waals surface area contributed by atoms with Gasteiger partial charge in [0.2, 0.25) is 0 Å². The zero-order chi connectivity index (χ0) is 32.8. The van der Waals surface area contributed by atoms with Crippen LogP contribution < -0.4 is 16.2 Å². The van der Waals surface area contributed by atoms with E-state index in [1.807, 2.05) is 41.5 Å². The van der Waals surface area contributed by atoms with Gasteiger partial charge in [-0.3, -0.25) is 0 Å². The van der Waals surface area contributed by atoms with E-state index in [4.69, 9.17) is 0 Å². The molecule has 2 radical (unpaired) electrons. The molecule has 3 rings (SSSR count). The fourth-order valence-electron chi connectivity index (χ4n) is 4.08. The fourth-order valence-corrected chi connectivity index (χ4v) is 8.04. The molecule has 0 amide bonds. The van der Waals surface area contributed by atoms with Crippen LogP contribution >= 0.6 is 7.92 Å². The maximum Gasteiger partial charge on any atom is 0.200 e. The van der Waals surface area contributed by atoms with Gasteiger partial charge >= 0.3 is 0 Å². The molecule has 0 saturated heterocycles. The lowest BCUT2D eigenvalue weighted by Gasteiger charge is -2.41. The van der Waals surface area contributed by atoms with Crippen molar-refractivity contribution in [3.8, 4) is 0 Å². The van der Waals surface area contributed by atoms with Crippen LogP contribution in [0.3, 0.4) is 0 Å². The monoisotopic (exact) mass is 639 g/mol. The van der Waals surface area contributed by atoms with Crippen LogP contribution in [0.4, 0.5) is 61.5 Å². The highest BCUT2D eigenvalue weighted by Crippen LogP contribution is 2.59. The SMILES string of the molecule is CC(C)(C)P(c1c(F)c(F)cc(F)c1F)C(C)(C)C.Fc1c(F)c(F)c([B-]c2c(F)c(F)c(F)c(F)c2F)c(F)c1F. The third-order valence-electron chi connectivity index (χ3n) is 5.43. The highest BCUT2D eigenvalue weighted by molar-refractivity contribution is 7.68. The van der Waals surface area contributed by atoms with E-state index in [2.05, 4.69) is 0 Å². The Morgan fingerprint density at radius 1 is 0.405 bits per heavy atom. The fraction of sp³-hybridized carbons (Fsp3) is 0.308. The molecule has 3 aromatic rings. The first-order valence-corrected chi connectivity index (χ1v) is 12.8. The van der Waals surface area contributed by atoms with Gasteiger partial charge in [-0.1, -0.05) is 49.5 Å². The Hall–Kier alpha value is -2.83. The van der Waals surface area contributed by atoms with Crippen molar-refractivity contribution >= 4 is 31.4 Å². The molecule has 0 spiro atoms. The summed E-state index contributed by atoms with van der Waals surface area (Å²) < 4.78 is 186. The minimum Gasteiger partial charge on any atom is -0.242 e. The van der Waals surface area contributed by atoms with Crippen molar-refractivity contribution < 1.29 is 61.5 Å². The Morgan fingerprint density at radius 2 is 0.643 bits per heavy atom. The summed E-state index contributed by atoms with van der Waals surface area (Å²) in [4.78, 5) is 0. The summed E-state index contributed by atoms with van der Waals surface area (Å²) in [6.07, 6.45) is 0. The van der Waals surface area contributed by atoms with Crippen molar-refractivity contribution in [1.29, 1.82) is 0 Å². The van der Waals surface area contributed by atoms with Gasteiger partial charge in [0.25, 0.3) is 0 Å². The van der Waals surface area contributed by atoms with Crippen LogP contribution in [-0.2, 0) is 0 Å². The molecular formula is C26H19BF14P-. The van der Waals surface area contributed by atoms with Crippen molar-refractivity contribution in [2.24, 2.45) is 0 Å². The normalized spacial score (nSPS) is 12.1. The summed E-state index contributed by atoms with van der Waals surface area (Å²) >= 11 is 0. The molecule has 3 aromatic carbocycles. The standard InChI is InChI=1S/C14H19F4P.C12BF10/c1-13(2,3)19(14(4,5)6)12-10(17)8(15)7-9(16)11(12)18;14-3-1(4(15)8(19)11(22)7(3)18)13-2-5(16)9(20)12(23)10(21)6(2)17/h7H,1-6H3;/q;-1. The van der Waals surface area contributed by atoms with Crippen LogP contribution in [0.15, 0.2) is 6.07 Å². The second kappa shape index (κ2) is 12.4. The molecule has 0 aromatic heterocycles. The summed E-state index contributed by atoms with van der Waals surface area (Å²) in [6.45, 7) is 11.0. The van der Waals surface area contributed by atoms with E-state index in [1.165, 1.54) is 0 Å². The van der Waals surface area contributed by atoms with Crippen LogP contribution in [0.1, 0.15) is 41.5 Å². The number of hydrogen-bond acceptors (Lipinski definition) is 0. The van der Waals surface area contributed by atoms with Crippen LogP contribution in [0.5, 0.6) is 0 Å². The predicted molar refractivity (Wildman–Crippen MR) is 130 cm³/mol. The zero-order valence-electron chi connectivity index (χ0n) is 22.4. The maximum absolute atomic E-state index is 14.0. The zero-order valence-corrected chi connectivity index (χ0v) is 23.3. The second-order valence-corrected chi connectivity index (χ2v) is 14.4. The molecule has 0 saturated carbocycles. The van der Waals surface area contributed by atoms with E-state index in [0.29, 0.717) is 0 Å². The number of halogens is 14. The summed E-state index contributed by atoms with van der Waals surface area (Å²) in [5, 5.41) is -1.39. The maximum atomic E-state index is 14.0. The molecule has 0 bridgehead atoms. The topological polar surface area (TPSA) is 0 Å². The van der Waals surface area contributed by atoms with E-state index in [0.717, 1.165) is 0 Å². The van der Waals surface area contributed by atoms with Gasteiger partial charge in [0, 0.05) is 6.07 Å². The number of hydrogen-bond donors (Lipinski definition) is 0. The summed E-state index contributed by atoms with van der Waals surface area (Å²) in [7, 11) is -1.81. The minimum atomic E-state index is -2.55. The van der Waals surface area contributed by atoms with E-state index in [-0.39, 0.29) is 13.3 Å². The highest BCUT2D eigenvalue weighted by atomic mass is 31.1. The Morgan fingerprint density at radius 3 is 0.881 bits per heavy atom. The van der Waals surface area contributed by atoms with Crippen LogP contribution in [0.2, 0.25) is 0 Å². The predicted octanol–water partition coefficient (Wildman–Crippen LogP) is 7.68. The molecule has 0 aliphatic rings. The van der Waals surface area contributed by atoms with Gasteiger partial charge in [-0.25, -0.2) is 68.7 Å². The molecule has 0 aliphatic carbocycles. The third kappa shape index (κ3) is 6.71. The molecule has 0 aliphatic heterocycles. The average molecular weight is 639 g/mol. The molecule has 42 heavy (non-hydrogen) atoms. The molecule has 0 N–H and O–H groups in total. The van der Waals surface area contributed by atoms with Gasteiger partial charge in [-0.2, -0.15) is 10.9 Å². The van der Waals surface area contributed by atoms with Gasteiger partial charge < -0.3 is 0 Å². The average Bonchev–Trinajstić information content (AvgIpc) is 2.88. The highest BCUT2D eigenvalue weighted by Gasteiger charge is 2.40. The van der Waals surface area contributed by atoms with Crippen molar-refractivity contribution in [2.75, 3.05) is 0 Å². The molecule has 0 atom stereocenters. The number of rotatable bonds is 3. The number of benzene rings is 3. The molecule has 0 heterocycles. The van der Waals surface area contributed by atoms with Crippen molar-refractivity contribution in [3.63, 3.8) is 0 Å². The lowest BCUT2D eigenvalue weighted by Crippen LogP contribution is -2.39. The molecule has 0 nitrogen and oxygen atoms in total. The van der Waals surface area contributed by atoms with Crippen LogP contribution in [0.25, 0.3) is 0 Å².